The lowest BCUT2D eigenvalue weighted by Gasteiger charge is -2.06. The van der Waals surface area contributed by atoms with Crippen LogP contribution in [-0.4, -0.2) is 18.6 Å². The fourth-order valence-electron chi connectivity index (χ4n) is 2.15. The Morgan fingerprint density at radius 1 is 1.16 bits per heavy atom. The van der Waals surface area contributed by atoms with Gasteiger partial charge in [0.15, 0.2) is 0 Å². The summed E-state index contributed by atoms with van der Waals surface area (Å²) in [5.41, 5.74) is 1.84. The van der Waals surface area contributed by atoms with Gasteiger partial charge >= 0.3 is 0 Å². The Labute approximate surface area is 154 Å². The summed E-state index contributed by atoms with van der Waals surface area (Å²) in [5, 5.41) is 4.20. The molecule has 0 radical (unpaired) electrons. The number of halogens is 2. The Morgan fingerprint density at radius 3 is 2.72 bits per heavy atom. The maximum Gasteiger partial charge on any atom is 0.242 e. The van der Waals surface area contributed by atoms with Crippen molar-refractivity contribution in [2.24, 2.45) is 0 Å². The van der Waals surface area contributed by atoms with E-state index in [0.717, 1.165) is 11.1 Å². The summed E-state index contributed by atoms with van der Waals surface area (Å²) in [6, 6.07) is 11.8. The van der Waals surface area contributed by atoms with Gasteiger partial charge in [0.05, 0.1) is 11.6 Å². The van der Waals surface area contributed by atoms with Crippen molar-refractivity contribution < 1.29 is 12.9 Å². The molecule has 3 rings (SSSR count). The van der Waals surface area contributed by atoms with Gasteiger partial charge in [0, 0.05) is 10.6 Å². The minimum absolute atomic E-state index is 0.0721. The fraction of sp³-hybridized carbons (Fsp3) is 0.125. The van der Waals surface area contributed by atoms with Crippen molar-refractivity contribution in [2.75, 3.05) is 0 Å². The third kappa shape index (κ3) is 4.19. The average molecular weight is 398 g/mol. The Kier molecular flexibility index (Phi) is 5.10. The molecule has 1 heterocycles. The molecule has 0 aliphatic heterocycles. The van der Waals surface area contributed by atoms with Gasteiger partial charge in [-0.2, -0.15) is 4.98 Å². The number of nitrogens with zero attached hydrogens (tertiary/aromatic N) is 2. The zero-order valence-electron chi connectivity index (χ0n) is 13.0. The predicted octanol–water partition coefficient (Wildman–Crippen LogP) is 3.83. The van der Waals surface area contributed by atoms with Gasteiger partial charge in [0.2, 0.25) is 21.7 Å². The van der Waals surface area contributed by atoms with Gasteiger partial charge < -0.3 is 4.52 Å². The quantitative estimate of drug-likeness (QED) is 0.706. The van der Waals surface area contributed by atoms with Crippen LogP contribution in [0, 0.1) is 6.92 Å². The first kappa shape index (κ1) is 17.9. The minimum atomic E-state index is -3.87. The summed E-state index contributed by atoms with van der Waals surface area (Å²) < 4.78 is 32.2. The van der Waals surface area contributed by atoms with E-state index in [2.05, 4.69) is 14.9 Å². The van der Waals surface area contributed by atoms with Crippen molar-refractivity contribution in [3.8, 4) is 11.4 Å². The normalized spacial score (nSPS) is 11.6. The molecule has 0 fully saturated rings. The molecular weight excluding hydrogens is 385 g/mol. The molecule has 0 saturated carbocycles. The summed E-state index contributed by atoms with van der Waals surface area (Å²) in [6.45, 7) is 1.79. The first-order chi connectivity index (χ1) is 11.8. The third-order valence-corrected chi connectivity index (χ3v) is 5.46. The van der Waals surface area contributed by atoms with Crippen molar-refractivity contribution in [1.29, 1.82) is 0 Å². The monoisotopic (exact) mass is 397 g/mol. The molecule has 6 nitrogen and oxygen atoms in total. The Bertz CT molecular complexity index is 1020. The number of sulfonamides is 1. The highest BCUT2D eigenvalue weighted by atomic mass is 35.5. The minimum Gasteiger partial charge on any atom is -0.338 e. The van der Waals surface area contributed by atoms with Gasteiger partial charge in [0.25, 0.3) is 0 Å². The van der Waals surface area contributed by atoms with E-state index in [9.17, 15) is 8.42 Å². The van der Waals surface area contributed by atoms with E-state index in [0.29, 0.717) is 5.82 Å². The second-order valence-corrected chi connectivity index (χ2v) is 7.86. The van der Waals surface area contributed by atoms with Crippen LogP contribution >= 0.6 is 23.2 Å². The number of aryl methyl sites for hydroxylation is 1. The van der Waals surface area contributed by atoms with Gasteiger partial charge in [-0.25, -0.2) is 13.1 Å². The van der Waals surface area contributed by atoms with E-state index < -0.39 is 10.0 Å². The molecule has 1 N–H and O–H groups in total. The first-order valence-electron chi connectivity index (χ1n) is 7.19. The molecule has 1 aromatic heterocycles. The van der Waals surface area contributed by atoms with Gasteiger partial charge in [-0.1, -0.05) is 52.1 Å². The number of hydrogen-bond acceptors (Lipinski definition) is 5. The van der Waals surface area contributed by atoms with Gasteiger partial charge in [-0.15, -0.1) is 0 Å². The molecule has 0 amide bonds. The van der Waals surface area contributed by atoms with Gasteiger partial charge in [0.1, 0.15) is 4.90 Å². The van der Waals surface area contributed by atoms with Crippen LogP contribution < -0.4 is 4.72 Å². The SMILES string of the molecule is Cc1cccc(-c2noc(CNS(=O)(=O)c3cc(Cl)ccc3Cl)n2)c1. The highest BCUT2D eigenvalue weighted by Crippen LogP contribution is 2.25. The molecule has 2 aromatic carbocycles. The molecule has 9 heteroatoms. The lowest BCUT2D eigenvalue weighted by molar-refractivity contribution is 0.376. The smallest absolute Gasteiger partial charge is 0.242 e. The van der Waals surface area contributed by atoms with E-state index in [4.69, 9.17) is 27.7 Å². The lowest BCUT2D eigenvalue weighted by Crippen LogP contribution is -2.23. The molecule has 0 spiro atoms. The zero-order chi connectivity index (χ0) is 18.0. The van der Waals surface area contributed by atoms with Crippen LogP contribution in [0.15, 0.2) is 51.9 Å². The molecule has 0 aliphatic rings. The molecule has 0 bridgehead atoms. The van der Waals surface area contributed by atoms with Crippen LogP contribution in [0.3, 0.4) is 0 Å². The zero-order valence-corrected chi connectivity index (χ0v) is 15.4. The van der Waals surface area contributed by atoms with Crippen LogP contribution in [0.1, 0.15) is 11.5 Å². The van der Waals surface area contributed by atoms with Crippen molar-refractivity contribution in [2.45, 2.75) is 18.4 Å². The largest absolute Gasteiger partial charge is 0.338 e. The highest BCUT2D eigenvalue weighted by Gasteiger charge is 2.20. The van der Waals surface area contributed by atoms with Crippen LogP contribution in [0.4, 0.5) is 0 Å². The van der Waals surface area contributed by atoms with Crippen LogP contribution in [0.25, 0.3) is 11.4 Å². The predicted molar refractivity (Wildman–Crippen MR) is 95.0 cm³/mol. The maximum atomic E-state index is 12.4. The summed E-state index contributed by atoms with van der Waals surface area (Å²) in [4.78, 5) is 4.08. The van der Waals surface area contributed by atoms with Crippen LogP contribution in [-0.2, 0) is 16.6 Å². The van der Waals surface area contributed by atoms with Gasteiger partial charge in [-0.05, 0) is 31.2 Å². The highest BCUT2D eigenvalue weighted by molar-refractivity contribution is 7.89. The van der Waals surface area contributed by atoms with E-state index in [1.807, 2.05) is 31.2 Å². The van der Waals surface area contributed by atoms with Crippen LogP contribution in [0.5, 0.6) is 0 Å². The number of rotatable bonds is 5. The molecule has 0 unspecified atom stereocenters. The standard InChI is InChI=1S/C16H13Cl2N3O3S/c1-10-3-2-4-11(7-10)16-20-15(24-21-16)9-19-25(22,23)14-8-12(17)5-6-13(14)18/h2-8,19H,9H2,1H3. The molecule has 0 aliphatic carbocycles. The summed E-state index contributed by atoms with van der Waals surface area (Å²) in [7, 11) is -3.87. The first-order valence-corrected chi connectivity index (χ1v) is 9.43. The second-order valence-electron chi connectivity index (χ2n) is 5.28. The maximum absolute atomic E-state index is 12.4. The van der Waals surface area contributed by atoms with E-state index in [-0.39, 0.29) is 27.4 Å². The van der Waals surface area contributed by atoms with E-state index in [1.165, 1.54) is 18.2 Å². The Balaban J connectivity index is 1.77. The third-order valence-electron chi connectivity index (χ3n) is 3.34. The fourth-order valence-corrected chi connectivity index (χ4v) is 3.88. The van der Waals surface area contributed by atoms with Crippen molar-refractivity contribution in [3.63, 3.8) is 0 Å². The second kappa shape index (κ2) is 7.13. The molecule has 0 atom stereocenters. The van der Waals surface area contributed by atoms with Crippen LogP contribution in [0.2, 0.25) is 10.0 Å². The Hall–Kier alpha value is -1.93. The summed E-state index contributed by atoms with van der Waals surface area (Å²) >= 11 is 11.8. The van der Waals surface area contributed by atoms with E-state index in [1.54, 1.807) is 0 Å². The van der Waals surface area contributed by atoms with Crippen molar-refractivity contribution in [3.05, 3.63) is 64.0 Å². The average Bonchev–Trinajstić information content (AvgIpc) is 3.04. The lowest BCUT2D eigenvalue weighted by atomic mass is 10.1. The summed E-state index contributed by atoms with van der Waals surface area (Å²) in [6.07, 6.45) is 0. The number of hydrogen-bond donors (Lipinski definition) is 1. The summed E-state index contributed by atoms with van der Waals surface area (Å²) in [5.74, 6) is 0.525. The van der Waals surface area contributed by atoms with Crippen molar-refractivity contribution in [1.82, 2.24) is 14.9 Å². The number of benzene rings is 2. The molecule has 0 saturated heterocycles. The van der Waals surface area contributed by atoms with E-state index >= 15 is 0 Å². The molecule has 3 aromatic rings. The Morgan fingerprint density at radius 2 is 1.96 bits per heavy atom. The molecule has 25 heavy (non-hydrogen) atoms. The number of nitrogens with one attached hydrogen (secondary N) is 1. The van der Waals surface area contributed by atoms with Crippen molar-refractivity contribution >= 4 is 33.2 Å². The molecule has 130 valence electrons. The number of aromatic nitrogens is 2. The molecular formula is C16H13Cl2N3O3S. The topological polar surface area (TPSA) is 85.1 Å². The van der Waals surface area contributed by atoms with Gasteiger partial charge in [-0.3, -0.25) is 0 Å².